The van der Waals surface area contributed by atoms with E-state index < -0.39 is 6.17 Å². The number of hydrogen-bond donors (Lipinski definition) is 3. The summed E-state index contributed by atoms with van der Waals surface area (Å²) in [5.74, 6) is 0.607. The molecule has 32 heavy (non-hydrogen) atoms. The van der Waals surface area contributed by atoms with Crippen molar-refractivity contribution in [1.29, 1.82) is 0 Å². The normalized spacial score (nSPS) is 24.8. The van der Waals surface area contributed by atoms with E-state index in [0.717, 1.165) is 5.56 Å². The maximum absolute atomic E-state index is 15.0. The minimum atomic E-state index is -1.07. The van der Waals surface area contributed by atoms with Gasteiger partial charge in [0.1, 0.15) is 17.7 Å². The molecule has 3 aromatic rings. The number of aromatic nitrogens is 3. The Hall–Kier alpha value is -3.30. The number of alkyl halides is 1. The number of benzene rings is 1. The van der Waals surface area contributed by atoms with Crippen LogP contribution in [0, 0.1) is 0 Å². The highest BCUT2D eigenvalue weighted by atomic mass is 19.1. The number of morpholine rings is 1. The van der Waals surface area contributed by atoms with E-state index in [1.807, 2.05) is 18.0 Å². The molecule has 8 nitrogen and oxygen atoms in total. The van der Waals surface area contributed by atoms with E-state index in [2.05, 4.69) is 20.3 Å². The number of halogens is 1. The van der Waals surface area contributed by atoms with E-state index in [1.54, 1.807) is 36.8 Å². The highest BCUT2D eigenvalue weighted by Crippen LogP contribution is 2.33. The number of rotatable bonds is 4. The zero-order chi connectivity index (χ0) is 22.2. The Labute approximate surface area is 184 Å². The van der Waals surface area contributed by atoms with Crippen LogP contribution in [0.4, 0.5) is 10.2 Å². The molecule has 2 aliphatic heterocycles. The van der Waals surface area contributed by atoms with Crippen molar-refractivity contribution in [2.75, 3.05) is 25.2 Å². The second kappa shape index (κ2) is 8.33. The van der Waals surface area contributed by atoms with Crippen molar-refractivity contribution in [1.82, 2.24) is 20.3 Å². The van der Waals surface area contributed by atoms with Gasteiger partial charge in [0, 0.05) is 30.9 Å². The standard InChI is InChI=1S/C23H24FN5O3/c1-29(19-8-15-11-32-12-18(28-15)23(19)24)21-10-26-17(9-27-21)16-3-2-13(6-20(16)30)14-4-5-25-22(31)7-14/h2-7,9-10,15,18-19,23,28,30H,8,11-12H2,1H3,(H,25,31)/t15-,18-,19+,23-/m1/s1. The molecular weight excluding hydrogens is 413 g/mol. The Morgan fingerprint density at radius 3 is 2.75 bits per heavy atom. The average molecular weight is 437 g/mol. The monoisotopic (exact) mass is 437 g/mol. The number of anilines is 1. The Balaban J connectivity index is 1.36. The highest BCUT2D eigenvalue weighted by molar-refractivity contribution is 5.74. The molecule has 0 unspecified atom stereocenters. The van der Waals surface area contributed by atoms with Crippen LogP contribution in [0.3, 0.4) is 0 Å². The first-order valence-electron chi connectivity index (χ1n) is 10.5. The van der Waals surface area contributed by atoms with Crippen molar-refractivity contribution < 1.29 is 14.2 Å². The van der Waals surface area contributed by atoms with Crippen molar-refractivity contribution >= 4 is 5.82 Å². The van der Waals surface area contributed by atoms with Crippen LogP contribution in [0.25, 0.3) is 22.4 Å². The molecule has 2 bridgehead atoms. The molecule has 0 amide bonds. The molecule has 3 N–H and O–H groups in total. The quantitative estimate of drug-likeness (QED) is 0.574. The Kier molecular flexibility index (Phi) is 5.36. The predicted molar refractivity (Wildman–Crippen MR) is 118 cm³/mol. The summed E-state index contributed by atoms with van der Waals surface area (Å²) in [5.41, 5.74) is 2.24. The lowest BCUT2D eigenvalue weighted by Crippen LogP contribution is -2.65. The molecule has 2 aliphatic rings. The summed E-state index contributed by atoms with van der Waals surface area (Å²) in [6, 6.07) is 7.90. The molecule has 2 aromatic heterocycles. The topological polar surface area (TPSA) is 103 Å². The zero-order valence-electron chi connectivity index (χ0n) is 17.5. The summed E-state index contributed by atoms with van der Waals surface area (Å²) < 4.78 is 20.4. The SMILES string of the molecule is CN(c1cnc(-c2ccc(-c3cc[nH]c(=O)c3)cc2O)cn1)[C@H]1C[C@@H]2COC[C@@H](N2)[C@H]1F. The number of piperidine rings is 1. The number of H-pyrrole nitrogens is 1. The van der Waals surface area contributed by atoms with E-state index in [0.29, 0.717) is 42.3 Å². The Morgan fingerprint density at radius 2 is 2.00 bits per heavy atom. The maximum Gasteiger partial charge on any atom is 0.248 e. The summed E-state index contributed by atoms with van der Waals surface area (Å²) in [6.45, 7) is 0.962. The molecule has 9 heteroatoms. The van der Waals surface area contributed by atoms with Crippen molar-refractivity contribution in [3.8, 4) is 28.1 Å². The number of phenolic OH excluding ortho intramolecular Hbond substituents is 1. The van der Waals surface area contributed by atoms with Crippen LogP contribution in [0.15, 0.2) is 53.7 Å². The fourth-order valence-corrected chi connectivity index (χ4v) is 4.48. The van der Waals surface area contributed by atoms with Gasteiger partial charge in [-0.05, 0) is 35.7 Å². The number of hydrogen-bond acceptors (Lipinski definition) is 7. The van der Waals surface area contributed by atoms with E-state index in [1.165, 1.54) is 6.07 Å². The van der Waals surface area contributed by atoms with Crippen LogP contribution in [0.2, 0.25) is 0 Å². The fraction of sp³-hybridized carbons (Fsp3) is 0.348. The molecule has 5 rings (SSSR count). The molecule has 2 saturated heterocycles. The molecule has 166 valence electrons. The molecule has 0 radical (unpaired) electrons. The molecule has 4 atom stereocenters. The third kappa shape index (κ3) is 3.85. The van der Waals surface area contributed by atoms with Gasteiger partial charge >= 0.3 is 0 Å². The Bertz CT molecular complexity index is 1170. The van der Waals surface area contributed by atoms with Gasteiger partial charge in [0.2, 0.25) is 5.56 Å². The zero-order valence-corrected chi connectivity index (χ0v) is 17.5. The number of nitrogens with one attached hydrogen (secondary N) is 2. The van der Waals surface area contributed by atoms with E-state index >= 15 is 0 Å². The molecule has 0 aliphatic carbocycles. The lowest BCUT2D eigenvalue weighted by molar-refractivity contribution is -0.0175. The number of pyridine rings is 1. The summed E-state index contributed by atoms with van der Waals surface area (Å²) in [4.78, 5) is 24.9. The first kappa shape index (κ1) is 20.6. The largest absolute Gasteiger partial charge is 0.507 e. The van der Waals surface area contributed by atoms with Gasteiger partial charge in [0.15, 0.2) is 0 Å². The van der Waals surface area contributed by atoms with Crippen molar-refractivity contribution in [2.24, 2.45) is 0 Å². The molecule has 0 spiro atoms. The number of ether oxygens (including phenoxy) is 1. The van der Waals surface area contributed by atoms with Crippen molar-refractivity contribution in [2.45, 2.75) is 30.7 Å². The third-order valence-corrected chi connectivity index (χ3v) is 6.22. The highest BCUT2D eigenvalue weighted by Gasteiger charge is 2.42. The summed E-state index contributed by atoms with van der Waals surface area (Å²) in [5, 5.41) is 13.8. The van der Waals surface area contributed by atoms with Gasteiger partial charge in [0.05, 0.1) is 43.4 Å². The first-order valence-corrected chi connectivity index (χ1v) is 10.5. The average Bonchev–Trinajstić information content (AvgIpc) is 2.81. The third-order valence-electron chi connectivity index (χ3n) is 6.22. The van der Waals surface area contributed by atoms with Gasteiger partial charge in [0.25, 0.3) is 0 Å². The maximum atomic E-state index is 15.0. The smallest absolute Gasteiger partial charge is 0.248 e. The van der Waals surface area contributed by atoms with Crippen LogP contribution in [-0.4, -0.2) is 64.6 Å². The van der Waals surface area contributed by atoms with E-state index in [4.69, 9.17) is 4.74 Å². The number of aromatic hydroxyl groups is 1. The number of fused-ring (bicyclic) bond motifs is 2. The fourth-order valence-electron chi connectivity index (χ4n) is 4.48. The Morgan fingerprint density at radius 1 is 1.16 bits per heavy atom. The summed E-state index contributed by atoms with van der Waals surface area (Å²) >= 11 is 0. The van der Waals surface area contributed by atoms with Crippen LogP contribution in [-0.2, 0) is 4.74 Å². The number of aromatic amines is 1. The second-order valence-electron chi connectivity index (χ2n) is 8.30. The van der Waals surface area contributed by atoms with Crippen LogP contribution in [0.1, 0.15) is 6.42 Å². The minimum absolute atomic E-state index is 0.0354. The molecule has 0 saturated carbocycles. The lowest BCUT2D eigenvalue weighted by atomic mass is 9.90. The van der Waals surface area contributed by atoms with Crippen molar-refractivity contribution in [3.63, 3.8) is 0 Å². The minimum Gasteiger partial charge on any atom is -0.507 e. The van der Waals surface area contributed by atoms with Gasteiger partial charge in [-0.15, -0.1) is 0 Å². The van der Waals surface area contributed by atoms with E-state index in [9.17, 15) is 14.3 Å². The van der Waals surface area contributed by atoms with E-state index in [-0.39, 0.29) is 29.4 Å². The van der Waals surface area contributed by atoms with Crippen LogP contribution in [0.5, 0.6) is 5.75 Å². The first-order chi connectivity index (χ1) is 15.5. The number of phenols is 1. The van der Waals surface area contributed by atoms with Crippen LogP contribution >= 0.6 is 0 Å². The molecular formula is C23H24FN5O3. The molecule has 4 heterocycles. The van der Waals surface area contributed by atoms with Gasteiger partial charge in [-0.2, -0.15) is 0 Å². The molecule has 1 aromatic carbocycles. The van der Waals surface area contributed by atoms with Crippen LogP contribution < -0.4 is 15.8 Å². The lowest BCUT2D eigenvalue weighted by Gasteiger charge is -2.45. The second-order valence-corrected chi connectivity index (χ2v) is 8.30. The van der Waals surface area contributed by atoms with Crippen molar-refractivity contribution in [3.05, 3.63) is 59.3 Å². The summed E-state index contributed by atoms with van der Waals surface area (Å²) in [7, 11) is 1.83. The number of nitrogens with zero attached hydrogens (tertiary/aromatic N) is 3. The van der Waals surface area contributed by atoms with Gasteiger partial charge in [-0.25, -0.2) is 9.37 Å². The van der Waals surface area contributed by atoms with Gasteiger partial charge in [-0.3, -0.25) is 9.78 Å². The summed E-state index contributed by atoms with van der Waals surface area (Å²) in [6.07, 6.45) is 4.29. The van der Waals surface area contributed by atoms with Gasteiger partial charge < -0.3 is 25.0 Å². The predicted octanol–water partition coefficient (Wildman–Crippen LogP) is 2.11. The molecule has 2 fully saturated rings. The van der Waals surface area contributed by atoms with Gasteiger partial charge in [-0.1, -0.05) is 6.07 Å².